The van der Waals surface area contributed by atoms with E-state index in [1.54, 1.807) is 0 Å². The number of H-pyrrole nitrogens is 1. The quantitative estimate of drug-likeness (QED) is 0.752. The number of benzene rings is 1. The molecule has 0 bridgehead atoms. The lowest BCUT2D eigenvalue weighted by molar-refractivity contribution is -0.159. The molecule has 0 aliphatic carbocycles. The highest BCUT2D eigenvalue weighted by molar-refractivity contribution is 5.77. The van der Waals surface area contributed by atoms with Crippen molar-refractivity contribution >= 4 is 5.97 Å². The van der Waals surface area contributed by atoms with E-state index in [0.29, 0.717) is 12.5 Å². The van der Waals surface area contributed by atoms with Crippen LogP contribution >= 0.6 is 0 Å². The van der Waals surface area contributed by atoms with E-state index in [1.165, 1.54) is 5.56 Å². The summed E-state index contributed by atoms with van der Waals surface area (Å²) < 4.78 is 5.51. The number of carbonyl (C=O) groups is 1. The van der Waals surface area contributed by atoms with Crippen molar-refractivity contribution in [1.29, 1.82) is 0 Å². The zero-order valence-corrected chi connectivity index (χ0v) is 16.7. The number of likely N-dealkylation sites (tertiary alicyclic amines) is 1. The molecule has 1 aromatic carbocycles. The summed E-state index contributed by atoms with van der Waals surface area (Å²) in [5, 5.41) is 7.56. The second kappa shape index (κ2) is 8.70. The smallest absolute Gasteiger partial charge is 0.313 e. The zero-order chi connectivity index (χ0) is 19.3. The zero-order valence-electron chi connectivity index (χ0n) is 16.7. The van der Waals surface area contributed by atoms with Crippen LogP contribution in [-0.4, -0.2) is 40.8 Å². The first-order chi connectivity index (χ1) is 13.0. The molecule has 1 aliphatic heterocycles. The number of aromatic nitrogens is 2. The monoisotopic (exact) mass is 369 g/mol. The van der Waals surface area contributed by atoms with Gasteiger partial charge in [-0.05, 0) is 50.3 Å². The molecule has 1 fully saturated rings. The Bertz CT molecular complexity index is 741. The second-order valence-corrected chi connectivity index (χ2v) is 7.95. The Hall–Kier alpha value is -2.14. The summed E-state index contributed by atoms with van der Waals surface area (Å²) in [6, 6.07) is 12.4. The van der Waals surface area contributed by atoms with Gasteiger partial charge in [0.05, 0.1) is 17.7 Å². The number of ether oxygens (including phenoxy) is 1. The van der Waals surface area contributed by atoms with Gasteiger partial charge in [0.15, 0.2) is 0 Å². The van der Waals surface area contributed by atoms with E-state index in [9.17, 15) is 4.79 Å². The molecule has 5 nitrogen and oxygen atoms in total. The maximum Gasteiger partial charge on any atom is 0.313 e. The summed E-state index contributed by atoms with van der Waals surface area (Å²) in [6.07, 6.45) is 2.59. The lowest BCUT2D eigenvalue weighted by atomic mass is 9.75. The molecule has 1 aliphatic rings. The molecule has 1 aromatic heterocycles. The number of rotatable bonds is 7. The molecule has 27 heavy (non-hydrogen) atoms. The van der Waals surface area contributed by atoms with Crippen LogP contribution in [0, 0.1) is 5.41 Å². The van der Waals surface area contributed by atoms with Crippen LogP contribution in [0.4, 0.5) is 0 Å². The molecule has 1 atom stereocenters. The van der Waals surface area contributed by atoms with Crippen LogP contribution in [0.25, 0.3) is 0 Å². The standard InChI is InChI=1S/C22H31N3O2/c1-4-27-21(26)22(14-18-9-6-5-7-10-18)11-8-12-25(16-22)15-19-13-20(17(2)3)24-23-19/h5-7,9-10,13,17H,4,8,11-12,14-16H2,1-3H3,(H,23,24). The molecule has 3 rings (SSSR count). The van der Waals surface area contributed by atoms with Gasteiger partial charge >= 0.3 is 5.97 Å². The molecule has 146 valence electrons. The van der Waals surface area contributed by atoms with E-state index < -0.39 is 5.41 Å². The molecule has 0 spiro atoms. The first-order valence-corrected chi connectivity index (χ1v) is 10.00. The Balaban J connectivity index is 1.77. The van der Waals surface area contributed by atoms with E-state index in [2.05, 4.69) is 47.1 Å². The lowest BCUT2D eigenvalue weighted by Gasteiger charge is -2.41. The number of hydrogen-bond donors (Lipinski definition) is 1. The van der Waals surface area contributed by atoms with Gasteiger partial charge in [0.2, 0.25) is 0 Å². The van der Waals surface area contributed by atoms with Crippen LogP contribution in [0.1, 0.15) is 56.5 Å². The van der Waals surface area contributed by atoms with Gasteiger partial charge in [0, 0.05) is 18.8 Å². The predicted octanol–water partition coefficient (Wildman–Crippen LogP) is 3.92. The number of hydrogen-bond acceptors (Lipinski definition) is 4. The number of nitrogens with zero attached hydrogens (tertiary/aromatic N) is 2. The lowest BCUT2D eigenvalue weighted by Crippen LogP contribution is -2.49. The van der Waals surface area contributed by atoms with Gasteiger partial charge in [-0.1, -0.05) is 44.2 Å². The molecule has 5 heteroatoms. The molecule has 0 amide bonds. The molecule has 0 saturated carbocycles. The third kappa shape index (κ3) is 4.78. The highest BCUT2D eigenvalue weighted by atomic mass is 16.5. The molecule has 1 N–H and O–H groups in total. The van der Waals surface area contributed by atoms with Crippen LogP contribution in [-0.2, 0) is 22.5 Å². The average molecular weight is 370 g/mol. The first kappa shape index (κ1) is 19.6. The molecule has 1 unspecified atom stereocenters. The number of piperidine rings is 1. The van der Waals surface area contributed by atoms with Gasteiger partial charge < -0.3 is 4.74 Å². The molecular formula is C22H31N3O2. The van der Waals surface area contributed by atoms with Crippen molar-refractivity contribution in [3.63, 3.8) is 0 Å². The molecular weight excluding hydrogens is 338 g/mol. The number of carbonyl (C=O) groups excluding carboxylic acids is 1. The minimum Gasteiger partial charge on any atom is -0.466 e. The minimum absolute atomic E-state index is 0.0639. The summed E-state index contributed by atoms with van der Waals surface area (Å²) in [6.45, 7) is 9.10. The van der Waals surface area contributed by atoms with Crippen molar-refractivity contribution < 1.29 is 9.53 Å². The summed E-state index contributed by atoms with van der Waals surface area (Å²) in [5.74, 6) is 0.346. The number of esters is 1. The van der Waals surface area contributed by atoms with Crippen molar-refractivity contribution in [3.05, 3.63) is 53.3 Å². The van der Waals surface area contributed by atoms with Gasteiger partial charge in [-0.15, -0.1) is 0 Å². The molecule has 0 radical (unpaired) electrons. The van der Waals surface area contributed by atoms with Gasteiger partial charge in [-0.2, -0.15) is 5.10 Å². The van der Waals surface area contributed by atoms with Crippen molar-refractivity contribution in [2.24, 2.45) is 5.41 Å². The number of nitrogens with one attached hydrogen (secondary N) is 1. The van der Waals surface area contributed by atoms with Gasteiger partial charge in [0.25, 0.3) is 0 Å². The maximum absolute atomic E-state index is 12.9. The van der Waals surface area contributed by atoms with Gasteiger partial charge in [0.1, 0.15) is 0 Å². The Kier molecular flexibility index (Phi) is 6.32. The Morgan fingerprint density at radius 3 is 2.78 bits per heavy atom. The Morgan fingerprint density at radius 2 is 2.11 bits per heavy atom. The fourth-order valence-corrected chi connectivity index (χ4v) is 4.01. The van der Waals surface area contributed by atoms with E-state index in [4.69, 9.17) is 4.74 Å². The molecule has 1 saturated heterocycles. The summed E-state index contributed by atoms with van der Waals surface area (Å²) in [5.41, 5.74) is 2.91. The third-order valence-corrected chi connectivity index (χ3v) is 5.39. The van der Waals surface area contributed by atoms with E-state index in [-0.39, 0.29) is 5.97 Å². The van der Waals surface area contributed by atoms with Crippen molar-refractivity contribution in [3.8, 4) is 0 Å². The largest absolute Gasteiger partial charge is 0.466 e. The minimum atomic E-state index is -0.476. The second-order valence-electron chi connectivity index (χ2n) is 7.95. The van der Waals surface area contributed by atoms with Crippen molar-refractivity contribution in [1.82, 2.24) is 15.1 Å². The normalized spacial score (nSPS) is 20.7. The van der Waals surface area contributed by atoms with Crippen LogP contribution in [0.5, 0.6) is 0 Å². The number of aromatic amines is 1. The van der Waals surface area contributed by atoms with Crippen molar-refractivity contribution in [2.75, 3.05) is 19.7 Å². The Labute approximate surface area is 162 Å². The third-order valence-electron chi connectivity index (χ3n) is 5.39. The maximum atomic E-state index is 12.9. The van der Waals surface area contributed by atoms with Crippen LogP contribution in [0.15, 0.2) is 36.4 Å². The van der Waals surface area contributed by atoms with Gasteiger partial charge in [-0.3, -0.25) is 14.8 Å². The summed E-state index contributed by atoms with van der Waals surface area (Å²) >= 11 is 0. The SMILES string of the molecule is CCOC(=O)C1(Cc2ccccc2)CCCN(Cc2cc(C(C)C)n[nH]2)C1. The molecule has 2 aromatic rings. The van der Waals surface area contributed by atoms with Crippen LogP contribution in [0.3, 0.4) is 0 Å². The first-order valence-electron chi connectivity index (χ1n) is 10.00. The average Bonchev–Trinajstić information content (AvgIpc) is 3.12. The fraction of sp³-hybridized carbons (Fsp3) is 0.545. The highest BCUT2D eigenvalue weighted by Crippen LogP contribution is 2.36. The van der Waals surface area contributed by atoms with Crippen LogP contribution in [0.2, 0.25) is 0 Å². The topological polar surface area (TPSA) is 58.2 Å². The van der Waals surface area contributed by atoms with Crippen LogP contribution < -0.4 is 0 Å². The van der Waals surface area contributed by atoms with E-state index in [0.717, 1.165) is 50.3 Å². The highest BCUT2D eigenvalue weighted by Gasteiger charge is 2.43. The van der Waals surface area contributed by atoms with Gasteiger partial charge in [-0.25, -0.2) is 0 Å². The van der Waals surface area contributed by atoms with E-state index >= 15 is 0 Å². The fourth-order valence-electron chi connectivity index (χ4n) is 4.01. The predicted molar refractivity (Wildman–Crippen MR) is 106 cm³/mol. The summed E-state index contributed by atoms with van der Waals surface area (Å²) in [7, 11) is 0. The Morgan fingerprint density at radius 1 is 1.33 bits per heavy atom. The van der Waals surface area contributed by atoms with Crippen molar-refractivity contribution in [2.45, 2.75) is 52.5 Å². The molecule has 2 heterocycles. The summed E-state index contributed by atoms with van der Waals surface area (Å²) in [4.78, 5) is 15.3. The van der Waals surface area contributed by atoms with E-state index in [1.807, 2.05) is 25.1 Å².